The van der Waals surface area contributed by atoms with Crippen LogP contribution in [0, 0.1) is 0 Å². The minimum Gasteiger partial charge on any atom is -0.394 e. The predicted octanol–water partition coefficient (Wildman–Crippen LogP) is -2.31. The van der Waals surface area contributed by atoms with E-state index in [1.807, 2.05) is 6.92 Å². The molecule has 2 unspecified atom stereocenters. The normalized spacial score (nSPS) is 27.8. The van der Waals surface area contributed by atoms with Gasteiger partial charge in [-0.2, -0.15) is 4.98 Å². The fraction of sp³-hybridized carbons (Fsp3) is 0.643. The maximum absolute atomic E-state index is 12.2. The van der Waals surface area contributed by atoms with Crippen molar-refractivity contribution >= 4 is 11.7 Å². The molecule has 1 fully saturated rings. The fourth-order valence-electron chi connectivity index (χ4n) is 2.62. The number of aromatic nitrogens is 2. The van der Waals surface area contributed by atoms with Crippen molar-refractivity contribution in [3.05, 3.63) is 22.7 Å². The number of nitrogens with zero attached hydrogens (tertiary/aromatic N) is 2. The van der Waals surface area contributed by atoms with E-state index in [0.29, 0.717) is 6.42 Å². The van der Waals surface area contributed by atoms with Gasteiger partial charge in [0.2, 0.25) is 5.91 Å². The summed E-state index contributed by atoms with van der Waals surface area (Å²) in [6, 6.07) is -0.302. The lowest BCUT2D eigenvalue weighted by molar-refractivity contribution is -0.124. The van der Waals surface area contributed by atoms with Crippen LogP contribution in [0.3, 0.4) is 0 Å². The van der Waals surface area contributed by atoms with Gasteiger partial charge >= 0.3 is 5.69 Å². The van der Waals surface area contributed by atoms with Crippen molar-refractivity contribution in [2.45, 2.75) is 50.3 Å². The summed E-state index contributed by atoms with van der Waals surface area (Å²) >= 11 is 0. The Bertz CT molecular complexity index is 636. The summed E-state index contributed by atoms with van der Waals surface area (Å²) in [5.41, 5.74) is 10.5. The molecule has 0 aliphatic carbocycles. The summed E-state index contributed by atoms with van der Waals surface area (Å²) in [4.78, 5) is 27.8. The Morgan fingerprint density at radius 2 is 2.29 bits per heavy atom. The summed E-state index contributed by atoms with van der Waals surface area (Å²) in [6.07, 6.45) is -0.632. The van der Waals surface area contributed by atoms with Gasteiger partial charge < -0.3 is 31.7 Å². The molecule has 0 radical (unpaired) electrons. The van der Waals surface area contributed by atoms with Crippen molar-refractivity contribution in [1.29, 1.82) is 0 Å². The maximum atomic E-state index is 12.2. The van der Waals surface area contributed by atoms with Crippen LogP contribution in [0.5, 0.6) is 0 Å². The number of nitrogen functional groups attached to an aromatic ring is 1. The van der Waals surface area contributed by atoms with Crippen LogP contribution < -0.4 is 22.5 Å². The first-order valence-corrected chi connectivity index (χ1v) is 7.74. The zero-order valence-corrected chi connectivity index (χ0v) is 13.3. The van der Waals surface area contributed by atoms with Crippen LogP contribution in [0.2, 0.25) is 0 Å². The number of amides is 1. The largest absolute Gasteiger partial charge is 0.394 e. The number of anilines is 1. The highest BCUT2D eigenvalue weighted by atomic mass is 16.5. The van der Waals surface area contributed by atoms with Gasteiger partial charge in [0.15, 0.2) is 6.23 Å². The molecule has 10 heteroatoms. The second kappa shape index (κ2) is 7.71. The molecule has 10 nitrogen and oxygen atoms in total. The lowest BCUT2D eigenvalue weighted by Crippen LogP contribution is -2.52. The number of carbonyl (C=O) groups is 1. The monoisotopic (exact) mass is 341 g/mol. The van der Waals surface area contributed by atoms with Crippen LogP contribution in [-0.2, 0) is 9.53 Å². The van der Waals surface area contributed by atoms with E-state index in [1.165, 1.54) is 12.3 Å². The lowest BCUT2D eigenvalue weighted by Gasteiger charge is -2.24. The maximum Gasteiger partial charge on any atom is 0.351 e. The van der Waals surface area contributed by atoms with Crippen molar-refractivity contribution in [3.63, 3.8) is 0 Å². The number of hydrogen-bond acceptors (Lipinski definition) is 8. The smallest absolute Gasteiger partial charge is 0.351 e. The van der Waals surface area contributed by atoms with Crippen molar-refractivity contribution in [1.82, 2.24) is 14.9 Å². The zero-order chi connectivity index (χ0) is 17.9. The van der Waals surface area contributed by atoms with Gasteiger partial charge in [0.25, 0.3) is 0 Å². The highest BCUT2D eigenvalue weighted by molar-refractivity contribution is 5.81. The summed E-state index contributed by atoms with van der Waals surface area (Å²) < 4.78 is 6.61. The van der Waals surface area contributed by atoms with E-state index >= 15 is 0 Å². The second-order valence-corrected chi connectivity index (χ2v) is 5.71. The third-order valence-electron chi connectivity index (χ3n) is 3.92. The predicted molar refractivity (Wildman–Crippen MR) is 84.7 cm³/mol. The van der Waals surface area contributed by atoms with Gasteiger partial charge in [-0.15, -0.1) is 0 Å². The standard InChI is InChI=1S/C14H23N5O5/c1-2-3-7(15)12(22)18-10-11(21)8(6-20)24-13(10)19-5-4-9(16)17-14(19)23/h4-5,7-8,10-11,13,20-21H,2-3,6,15H2,1H3,(H,18,22)(H2,16,17,23)/t7?,8-,10?,11+,13-/m1/s1. The van der Waals surface area contributed by atoms with E-state index in [4.69, 9.17) is 16.2 Å². The van der Waals surface area contributed by atoms with Crippen molar-refractivity contribution < 1.29 is 19.7 Å². The average molecular weight is 341 g/mol. The first-order chi connectivity index (χ1) is 11.4. The van der Waals surface area contributed by atoms with Crippen molar-refractivity contribution in [2.75, 3.05) is 12.3 Å². The Morgan fingerprint density at radius 1 is 1.58 bits per heavy atom. The number of aliphatic hydroxyl groups excluding tert-OH is 2. The molecule has 5 atom stereocenters. The third-order valence-corrected chi connectivity index (χ3v) is 3.92. The van der Waals surface area contributed by atoms with E-state index in [-0.39, 0.29) is 5.82 Å². The van der Waals surface area contributed by atoms with Gasteiger partial charge in [-0.3, -0.25) is 9.36 Å². The summed E-state index contributed by atoms with van der Waals surface area (Å²) in [6.45, 7) is 1.42. The summed E-state index contributed by atoms with van der Waals surface area (Å²) in [5, 5.41) is 22.2. The molecule has 0 aromatic carbocycles. The number of nitrogens with two attached hydrogens (primary N) is 2. The Labute approximate surface area is 138 Å². The second-order valence-electron chi connectivity index (χ2n) is 5.71. The topological polar surface area (TPSA) is 166 Å². The Morgan fingerprint density at radius 3 is 2.88 bits per heavy atom. The van der Waals surface area contributed by atoms with Gasteiger partial charge in [-0.05, 0) is 12.5 Å². The number of carbonyl (C=O) groups excluding carboxylic acids is 1. The van der Waals surface area contributed by atoms with Crippen LogP contribution >= 0.6 is 0 Å². The molecule has 1 saturated heterocycles. The number of hydrogen-bond donors (Lipinski definition) is 5. The quantitative estimate of drug-likeness (QED) is 0.385. The van der Waals surface area contributed by atoms with Gasteiger partial charge in [0.05, 0.1) is 12.6 Å². The highest BCUT2D eigenvalue weighted by Gasteiger charge is 2.45. The van der Waals surface area contributed by atoms with E-state index in [2.05, 4.69) is 10.3 Å². The SMILES string of the molecule is CCCC(N)C(=O)NC1[C@@H](O)[C@@H](CO)O[C@H]1n1ccc(N)nc1=O. The summed E-state index contributed by atoms with van der Waals surface area (Å²) in [7, 11) is 0. The van der Waals surface area contributed by atoms with Crippen LogP contribution in [0.25, 0.3) is 0 Å². The third kappa shape index (κ3) is 3.73. The van der Waals surface area contributed by atoms with Gasteiger partial charge in [-0.1, -0.05) is 13.3 Å². The minimum absolute atomic E-state index is 0.0408. The molecular weight excluding hydrogens is 318 g/mol. The van der Waals surface area contributed by atoms with E-state index in [0.717, 1.165) is 11.0 Å². The van der Waals surface area contributed by atoms with E-state index < -0.39 is 48.7 Å². The van der Waals surface area contributed by atoms with E-state index in [1.54, 1.807) is 0 Å². The molecule has 1 aromatic rings. The highest BCUT2D eigenvalue weighted by Crippen LogP contribution is 2.28. The molecule has 0 bridgehead atoms. The molecule has 7 N–H and O–H groups in total. The van der Waals surface area contributed by atoms with E-state index in [9.17, 15) is 19.8 Å². The number of nitrogens with one attached hydrogen (secondary N) is 1. The molecule has 0 saturated carbocycles. The van der Waals surface area contributed by atoms with Crippen LogP contribution in [0.15, 0.2) is 17.1 Å². The molecule has 134 valence electrons. The average Bonchev–Trinajstić information content (AvgIpc) is 2.84. The molecule has 1 aliphatic heterocycles. The van der Waals surface area contributed by atoms with Gasteiger partial charge in [0.1, 0.15) is 24.1 Å². The molecule has 2 rings (SSSR count). The molecular formula is C14H23N5O5. The Kier molecular flexibility index (Phi) is 5.89. The Hall–Kier alpha value is -2.01. The van der Waals surface area contributed by atoms with Crippen LogP contribution in [0.1, 0.15) is 26.0 Å². The number of rotatable bonds is 6. The number of aliphatic hydroxyl groups is 2. The fourth-order valence-corrected chi connectivity index (χ4v) is 2.62. The lowest BCUT2D eigenvalue weighted by atomic mass is 10.1. The summed E-state index contributed by atoms with van der Waals surface area (Å²) in [5.74, 6) is -0.427. The van der Waals surface area contributed by atoms with Gasteiger partial charge in [0, 0.05) is 6.20 Å². The zero-order valence-electron chi connectivity index (χ0n) is 13.3. The molecule has 1 aromatic heterocycles. The van der Waals surface area contributed by atoms with Crippen molar-refractivity contribution in [3.8, 4) is 0 Å². The first-order valence-electron chi connectivity index (χ1n) is 7.74. The molecule has 2 heterocycles. The number of ether oxygens (including phenoxy) is 1. The van der Waals surface area contributed by atoms with Gasteiger partial charge in [-0.25, -0.2) is 4.79 Å². The molecule has 1 aliphatic rings. The molecule has 24 heavy (non-hydrogen) atoms. The molecule has 1 amide bonds. The van der Waals surface area contributed by atoms with Crippen molar-refractivity contribution in [2.24, 2.45) is 5.73 Å². The first kappa shape index (κ1) is 18.3. The van der Waals surface area contributed by atoms with Crippen LogP contribution in [-0.4, -0.2) is 56.6 Å². The molecule has 0 spiro atoms. The van der Waals surface area contributed by atoms with Crippen LogP contribution in [0.4, 0.5) is 5.82 Å². The minimum atomic E-state index is -1.21. The Balaban J connectivity index is 2.27.